The number of ether oxygens (including phenoxy) is 1. The van der Waals surface area contributed by atoms with Crippen molar-refractivity contribution in [1.29, 1.82) is 0 Å². The molecule has 1 N–H and O–H groups in total. The summed E-state index contributed by atoms with van der Waals surface area (Å²) in [5, 5.41) is 9.91. The molecule has 0 amide bonds. The number of nitrogens with zero attached hydrogens (tertiary/aromatic N) is 2. The van der Waals surface area contributed by atoms with Crippen LogP contribution in [-0.4, -0.2) is 41.4 Å². The summed E-state index contributed by atoms with van der Waals surface area (Å²) in [5.41, 5.74) is -0.101. The first-order valence-corrected chi connectivity index (χ1v) is 6.62. The Kier molecular flexibility index (Phi) is 4.04. The third-order valence-corrected chi connectivity index (χ3v) is 3.42. The van der Waals surface area contributed by atoms with Crippen LogP contribution in [0.25, 0.3) is 0 Å². The third-order valence-electron chi connectivity index (χ3n) is 3.42. The van der Waals surface area contributed by atoms with Gasteiger partial charge in [-0.2, -0.15) is 0 Å². The molecule has 0 aromatic carbocycles. The summed E-state index contributed by atoms with van der Waals surface area (Å²) < 4.78 is 4.91. The molecule has 0 aliphatic carbocycles. The molecule has 0 radical (unpaired) electrons. The van der Waals surface area contributed by atoms with Crippen LogP contribution in [0.5, 0.6) is 0 Å². The minimum atomic E-state index is -0.568. The Labute approximate surface area is 113 Å². The fraction of sp³-hybridized carbons (Fsp3) is 0.571. The van der Waals surface area contributed by atoms with Gasteiger partial charge in [0.15, 0.2) is 0 Å². The molecule has 0 atom stereocenters. The van der Waals surface area contributed by atoms with E-state index < -0.39 is 5.60 Å². The number of aliphatic hydroxyl groups is 1. The molecular weight excluding hydrogens is 244 g/mol. The van der Waals surface area contributed by atoms with Crippen LogP contribution in [0.4, 0.5) is 5.82 Å². The molecule has 1 aliphatic rings. The molecule has 19 heavy (non-hydrogen) atoms. The second-order valence-corrected chi connectivity index (χ2v) is 5.11. The predicted molar refractivity (Wildman–Crippen MR) is 72.3 cm³/mol. The highest BCUT2D eigenvalue weighted by Crippen LogP contribution is 2.24. The van der Waals surface area contributed by atoms with Gasteiger partial charge in [0.05, 0.1) is 17.8 Å². The number of hydrogen-bond acceptors (Lipinski definition) is 5. The van der Waals surface area contributed by atoms with E-state index in [0.717, 1.165) is 31.7 Å². The van der Waals surface area contributed by atoms with E-state index in [1.807, 2.05) is 13.0 Å². The molecule has 0 unspecified atom stereocenters. The minimum Gasteiger partial charge on any atom is -0.462 e. The van der Waals surface area contributed by atoms with Crippen LogP contribution in [0.15, 0.2) is 18.3 Å². The van der Waals surface area contributed by atoms with E-state index in [1.165, 1.54) is 0 Å². The standard InChI is InChI=1S/C14H20N2O3/c1-3-19-13(17)11-4-5-12(15-10-11)16-8-6-14(2,18)7-9-16/h4-5,10,18H,3,6-9H2,1-2H3. The molecule has 2 rings (SSSR count). The first-order chi connectivity index (χ1) is 9.02. The van der Waals surface area contributed by atoms with Gasteiger partial charge in [-0.3, -0.25) is 0 Å². The summed E-state index contributed by atoms with van der Waals surface area (Å²) in [4.78, 5) is 17.9. The summed E-state index contributed by atoms with van der Waals surface area (Å²) in [7, 11) is 0. The highest BCUT2D eigenvalue weighted by atomic mass is 16.5. The van der Waals surface area contributed by atoms with Crippen molar-refractivity contribution in [2.24, 2.45) is 0 Å². The fourth-order valence-electron chi connectivity index (χ4n) is 2.13. The summed E-state index contributed by atoms with van der Waals surface area (Å²) in [6.07, 6.45) is 3.00. The highest BCUT2D eigenvalue weighted by molar-refractivity contribution is 5.89. The van der Waals surface area contributed by atoms with E-state index in [1.54, 1.807) is 19.2 Å². The van der Waals surface area contributed by atoms with Crippen LogP contribution < -0.4 is 4.90 Å². The van der Waals surface area contributed by atoms with Gasteiger partial charge in [-0.25, -0.2) is 9.78 Å². The maximum absolute atomic E-state index is 11.5. The molecule has 1 aromatic rings. The van der Waals surface area contributed by atoms with Crippen LogP contribution >= 0.6 is 0 Å². The Balaban J connectivity index is 2.01. The van der Waals surface area contributed by atoms with Crippen molar-refractivity contribution in [3.63, 3.8) is 0 Å². The van der Waals surface area contributed by atoms with Gasteiger partial charge in [-0.05, 0) is 38.8 Å². The van der Waals surface area contributed by atoms with E-state index in [2.05, 4.69) is 9.88 Å². The molecule has 0 spiro atoms. The van der Waals surface area contributed by atoms with Gasteiger partial charge in [0, 0.05) is 19.3 Å². The van der Waals surface area contributed by atoms with Crippen molar-refractivity contribution >= 4 is 11.8 Å². The summed E-state index contributed by atoms with van der Waals surface area (Å²) in [6, 6.07) is 3.55. The molecule has 0 bridgehead atoms. The number of piperidine rings is 1. The Hall–Kier alpha value is -1.62. The topological polar surface area (TPSA) is 62.7 Å². The van der Waals surface area contributed by atoms with Crippen LogP contribution in [0, 0.1) is 0 Å². The number of hydrogen-bond donors (Lipinski definition) is 1. The van der Waals surface area contributed by atoms with Gasteiger partial charge in [0.1, 0.15) is 5.82 Å². The summed E-state index contributed by atoms with van der Waals surface area (Å²) in [6.45, 7) is 5.56. The van der Waals surface area contributed by atoms with Crippen LogP contribution in [-0.2, 0) is 4.74 Å². The minimum absolute atomic E-state index is 0.344. The van der Waals surface area contributed by atoms with Gasteiger partial charge in [-0.1, -0.05) is 0 Å². The molecule has 1 aromatic heterocycles. The SMILES string of the molecule is CCOC(=O)c1ccc(N2CCC(C)(O)CC2)nc1. The van der Waals surface area contributed by atoms with Gasteiger partial charge >= 0.3 is 5.97 Å². The molecule has 5 heteroatoms. The number of pyridine rings is 1. The van der Waals surface area contributed by atoms with E-state index in [-0.39, 0.29) is 5.97 Å². The van der Waals surface area contributed by atoms with E-state index in [9.17, 15) is 9.90 Å². The zero-order valence-electron chi connectivity index (χ0n) is 11.4. The van der Waals surface area contributed by atoms with Crippen molar-refractivity contribution in [3.05, 3.63) is 23.9 Å². The normalized spacial score (nSPS) is 18.2. The zero-order valence-corrected chi connectivity index (χ0v) is 11.4. The maximum atomic E-state index is 11.5. The van der Waals surface area contributed by atoms with Crippen LogP contribution in [0.3, 0.4) is 0 Å². The van der Waals surface area contributed by atoms with Crippen molar-refractivity contribution in [2.45, 2.75) is 32.3 Å². The largest absolute Gasteiger partial charge is 0.462 e. The van der Waals surface area contributed by atoms with Crippen molar-refractivity contribution in [1.82, 2.24) is 4.98 Å². The van der Waals surface area contributed by atoms with Crippen molar-refractivity contribution < 1.29 is 14.6 Å². The van der Waals surface area contributed by atoms with E-state index in [0.29, 0.717) is 12.2 Å². The first kappa shape index (κ1) is 13.8. The van der Waals surface area contributed by atoms with Crippen LogP contribution in [0.2, 0.25) is 0 Å². The monoisotopic (exact) mass is 264 g/mol. The lowest BCUT2D eigenvalue weighted by molar-refractivity contribution is 0.0350. The smallest absolute Gasteiger partial charge is 0.339 e. The average molecular weight is 264 g/mol. The second kappa shape index (κ2) is 5.57. The number of anilines is 1. The molecule has 2 heterocycles. The van der Waals surface area contributed by atoms with Gasteiger partial charge in [0.25, 0.3) is 0 Å². The Morgan fingerprint density at radius 3 is 2.68 bits per heavy atom. The lowest BCUT2D eigenvalue weighted by Crippen LogP contribution is -2.42. The number of carbonyl (C=O) groups excluding carboxylic acids is 1. The van der Waals surface area contributed by atoms with Gasteiger partial charge < -0.3 is 14.7 Å². The Morgan fingerprint density at radius 2 is 2.16 bits per heavy atom. The maximum Gasteiger partial charge on any atom is 0.339 e. The first-order valence-electron chi connectivity index (χ1n) is 6.62. The Morgan fingerprint density at radius 1 is 1.47 bits per heavy atom. The lowest BCUT2D eigenvalue weighted by atomic mass is 9.94. The van der Waals surface area contributed by atoms with Crippen LogP contribution in [0.1, 0.15) is 37.0 Å². The Bertz CT molecular complexity index is 433. The third kappa shape index (κ3) is 3.44. The number of rotatable bonds is 3. The quantitative estimate of drug-likeness (QED) is 0.840. The molecule has 1 saturated heterocycles. The molecule has 0 saturated carbocycles. The number of aromatic nitrogens is 1. The fourth-order valence-corrected chi connectivity index (χ4v) is 2.13. The molecule has 104 valence electrons. The molecule has 1 fully saturated rings. The molecular formula is C14H20N2O3. The van der Waals surface area contributed by atoms with E-state index in [4.69, 9.17) is 4.74 Å². The summed E-state index contributed by atoms with van der Waals surface area (Å²) in [5.74, 6) is 0.492. The lowest BCUT2D eigenvalue weighted by Gasteiger charge is -2.36. The number of esters is 1. The van der Waals surface area contributed by atoms with Gasteiger partial charge in [-0.15, -0.1) is 0 Å². The molecule has 1 aliphatic heterocycles. The zero-order chi connectivity index (χ0) is 13.9. The second-order valence-electron chi connectivity index (χ2n) is 5.11. The average Bonchev–Trinajstić information content (AvgIpc) is 2.39. The number of carbonyl (C=O) groups is 1. The summed E-state index contributed by atoms with van der Waals surface area (Å²) >= 11 is 0. The van der Waals surface area contributed by atoms with E-state index >= 15 is 0 Å². The molecule has 5 nitrogen and oxygen atoms in total. The van der Waals surface area contributed by atoms with Crippen molar-refractivity contribution in [2.75, 3.05) is 24.6 Å². The highest BCUT2D eigenvalue weighted by Gasteiger charge is 2.27. The van der Waals surface area contributed by atoms with Gasteiger partial charge in [0.2, 0.25) is 0 Å². The van der Waals surface area contributed by atoms with Crippen molar-refractivity contribution in [3.8, 4) is 0 Å². The predicted octanol–water partition coefficient (Wildman–Crippen LogP) is 1.61.